The van der Waals surface area contributed by atoms with Gasteiger partial charge in [0.25, 0.3) is 0 Å². The number of carbonyl (C=O) groups is 7. The fourth-order valence-electron chi connectivity index (χ4n) is 8.89. The van der Waals surface area contributed by atoms with Gasteiger partial charge in [0.2, 0.25) is 17.7 Å². The fourth-order valence-corrected chi connectivity index (χ4v) is 8.89. The van der Waals surface area contributed by atoms with Crippen molar-refractivity contribution < 1.29 is 78.1 Å². The van der Waals surface area contributed by atoms with Crippen LogP contribution in [0.3, 0.4) is 0 Å². The van der Waals surface area contributed by atoms with Gasteiger partial charge in [0, 0.05) is 31.9 Å². The molecule has 7 rings (SSSR count). The summed E-state index contributed by atoms with van der Waals surface area (Å²) in [5, 5.41) is 21.3. The molecule has 49 heavy (non-hydrogen) atoms. The number of fused-ring (bicyclic) bond motifs is 7. The molecule has 3 amide bonds. The molecule has 4 bridgehead atoms. The Morgan fingerprint density at radius 1 is 0.714 bits per heavy atom. The Hall–Kier alpha value is -2.83. The van der Waals surface area contributed by atoms with E-state index in [0.717, 1.165) is 45.4 Å². The maximum absolute atomic E-state index is 12.6. The van der Waals surface area contributed by atoms with Crippen LogP contribution in [0.15, 0.2) is 24.3 Å². The van der Waals surface area contributed by atoms with E-state index in [-0.39, 0.29) is 89.0 Å². The van der Waals surface area contributed by atoms with Gasteiger partial charge in [0.05, 0.1) is 23.7 Å². The van der Waals surface area contributed by atoms with E-state index in [1.54, 1.807) is 4.90 Å². The molecular formula is C36H49N2NaO10. The molecular weight excluding hydrogens is 643 g/mol. The summed E-state index contributed by atoms with van der Waals surface area (Å²) >= 11 is 0. The number of likely N-dealkylation sites (tertiary alicyclic amines) is 1. The third-order valence-electron chi connectivity index (χ3n) is 10.7. The van der Waals surface area contributed by atoms with Crippen LogP contribution in [0.5, 0.6) is 0 Å². The van der Waals surface area contributed by atoms with Gasteiger partial charge < -0.3 is 25.1 Å². The maximum Gasteiger partial charge on any atom is 1.00 e. The van der Waals surface area contributed by atoms with Gasteiger partial charge in [-0.25, -0.2) is 0 Å². The van der Waals surface area contributed by atoms with E-state index in [9.17, 15) is 33.9 Å². The van der Waals surface area contributed by atoms with Gasteiger partial charge in [-0.2, -0.15) is 0 Å². The molecule has 0 aromatic carbocycles. The molecule has 0 aromatic heterocycles. The van der Waals surface area contributed by atoms with Gasteiger partial charge in [-0.05, 0) is 69.1 Å². The number of rotatable bonds is 4. The molecule has 264 valence electrons. The largest absolute Gasteiger partial charge is 1.00 e. The summed E-state index contributed by atoms with van der Waals surface area (Å²) in [6.45, 7) is 3.34. The summed E-state index contributed by atoms with van der Waals surface area (Å²) in [5.41, 5.74) is 0. The number of amides is 3. The number of hydrogen-bond donors (Lipinski definition) is 2. The van der Waals surface area contributed by atoms with Crippen molar-refractivity contribution >= 4 is 41.6 Å². The molecule has 13 heteroatoms. The number of hydrogen-bond acceptors (Lipinski definition) is 9. The van der Waals surface area contributed by atoms with E-state index >= 15 is 0 Å². The summed E-state index contributed by atoms with van der Waals surface area (Å²) in [4.78, 5) is 79.1. The molecule has 6 aliphatic carbocycles. The first-order valence-corrected chi connectivity index (χ1v) is 17.4. The second-order valence-electron chi connectivity index (χ2n) is 14.1. The van der Waals surface area contributed by atoms with Crippen molar-refractivity contribution in [1.29, 1.82) is 0 Å². The Morgan fingerprint density at radius 2 is 1.12 bits per heavy atom. The van der Waals surface area contributed by atoms with Crippen LogP contribution in [0.1, 0.15) is 97.8 Å². The molecule has 2 N–H and O–H groups in total. The molecule has 1 saturated heterocycles. The second kappa shape index (κ2) is 18.4. The Kier molecular flexibility index (Phi) is 15.3. The molecule has 7 aliphatic rings. The molecule has 0 radical (unpaired) electrons. The Labute approximate surface area is 310 Å². The minimum Gasteiger partial charge on any atom is -0.550 e. The number of carboxylic acids is 2. The van der Waals surface area contributed by atoms with Crippen LogP contribution in [-0.2, 0) is 38.3 Å². The summed E-state index contributed by atoms with van der Waals surface area (Å²) in [6, 6.07) is 0.475. The van der Waals surface area contributed by atoms with Crippen LogP contribution < -0.4 is 40.0 Å². The van der Waals surface area contributed by atoms with E-state index < -0.39 is 29.8 Å². The van der Waals surface area contributed by atoms with Gasteiger partial charge >= 0.3 is 47.5 Å². The van der Waals surface area contributed by atoms with Crippen LogP contribution in [0.4, 0.5) is 0 Å². The van der Waals surface area contributed by atoms with E-state index in [2.05, 4.69) is 22.2 Å². The molecule has 12 nitrogen and oxygen atoms in total. The van der Waals surface area contributed by atoms with Crippen molar-refractivity contribution in [2.24, 2.45) is 47.3 Å². The minimum atomic E-state index is -1.08. The molecule has 0 aromatic rings. The quantitative estimate of drug-likeness (QED) is 0.133. The smallest absolute Gasteiger partial charge is 0.550 e. The van der Waals surface area contributed by atoms with E-state index in [1.165, 1.54) is 52.4 Å². The van der Waals surface area contributed by atoms with Gasteiger partial charge in [0.15, 0.2) is 0 Å². The summed E-state index contributed by atoms with van der Waals surface area (Å²) < 4.78 is 3.97. The van der Waals surface area contributed by atoms with Crippen molar-refractivity contribution in [2.75, 3.05) is 0 Å². The minimum absolute atomic E-state index is 0. The predicted octanol–water partition coefficient (Wildman–Crippen LogP) is -0.0594. The summed E-state index contributed by atoms with van der Waals surface area (Å²) in [5.74, 6) is -2.74. The van der Waals surface area contributed by atoms with E-state index in [0.29, 0.717) is 11.8 Å². The molecule has 0 spiro atoms. The molecule has 1 aliphatic heterocycles. The number of imide groups is 1. The molecule has 4 saturated carbocycles. The van der Waals surface area contributed by atoms with E-state index in [4.69, 9.17) is 9.90 Å². The van der Waals surface area contributed by atoms with Gasteiger partial charge in [0.1, 0.15) is 0 Å². The topological polar surface area (TPSA) is 187 Å². The number of allylic oxidation sites excluding steroid dienone is 4. The van der Waals surface area contributed by atoms with Crippen molar-refractivity contribution in [3.63, 3.8) is 0 Å². The second-order valence-corrected chi connectivity index (χ2v) is 14.1. The zero-order chi connectivity index (χ0) is 35.1. The van der Waals surface area contributed by atoms with Crippen molar-refractivity contribution in [2.45, 2.75) is 110 Å². The van der Waals surface area contributed by atoms with Crippen LogP contribution in [0.25, 0.3) is 0 Å². The number of nitrogens with zero attached hydrogens (tertiary/aromatic N) is 1. The molecule has 8 atom stereocenters. The third kappa shape index (κ3) is 10.1. The average Bonchev–Trinajstić information content (AvgIpc) is 3.85. The zero-order valence-electron chi connectivity index (χ0n) is 29.1. The Bertz CT molecular complexity index is 1270. The molecule has 1 heterocycles. The van der Waals surface area contributed by atoms with Crippen LogP contribution in [0, 0.1) is 47.3 Å². The summed E-state index contributed by atoms with van der Waals surface area (Å²) in [7, 11) is 0. The first-order valence-electron chi connectivity index (χ1n) is 17.4. The Balaban J connectivity index is 0.000000202. The number of ether oxygens (including phenoxy) is 1. The maximum atomic E-state index is 12.6. The van der Waals surface area contributed by atoms with Crippen LogP contribution in [-0.4, -0.2) is 63.7 Å². The first-order chi connectivity index (χ1) is 22.8. The normalized spacial score (nSPS) is 31.9. The fraction of sp³-hybridized carbons (Fsp3) is 0.694. The van der Waals surface area contributed by atoms with Gasteiger partial charge in [-0.15, -0.1) is 0 Å². The third-order valence-corrected chi connectivity index (χ3v) is 10.7. The standard InChI is InChI=1S/C15H21NO3.C15H19NO2.C4H6O3.C2H4O2.Na/c17-14(16-11-4-2-1-3-5-11)12-9-6-7-10(8-9)13(12)15(18)19;17-14-12-9-6-7-10(8-9)13(12)15(18)16(14)11-4-2-1-3-5-11;1-3(5)7-4(2)6;1-2(3)4;/h6-7,9-13H,1-5,8H2,(H,16,17)(H,18,19);6-7,9-13H,1-5,8H2;1-2H3;1H3,(H,3,4);/q;;;;+1/p-1. The predicted molar refractivity (Wildman–Crippen MR) is 170 cm³/mol. The summed E-state index contributed by atoms with van der Waals surface area (Å²) in [6.07, 6.45) is 21.5. The van der Waals surface area contributed by atoms with Crippen molar-refractivity contribution in [3.8, 4) is 0 Å². The number of esters is 2. The van der Waals surface area contributed by atoms with Crippen molar-refractivity contribution in [1.82, 2.24) is 10.2 Å². The first kappa shape index (κ1) is 40.6. The average molecular weight is 693 g/mol. The number of nitrogens with one attached hydrogen (secondary N) is 1. The number of aliphatic carboxylic acids is 2. The molecule has 5 fully saturated rings. The van der Waals surface area contributed by atoms with Crippen LogP contribution in [0.2, 0.25) is 0 Å². The monoisotopic (exact) mass is 692 g/mol. The Morgan fingerprint density at radius 3 is 1.55 bits per heavy atom. The number of carbonyl (C=O) groups excluding carboxylic acids is 6. The SMILES string of the molecule is CC(=O)OC(C)=O.CC(=O)[O-].O=C(O)C1C2C=CC(C2)C1C(=O)NC1CCCCC1.O=C1C2C3C=CC(C3)C2C(=O)N1C1CCCCC1.[Na+]. The van der Waals surface area contributed by atoms with Gasteiger partial charge in [-0.3, -0.25) is 33.7 Å². The van der Waals surface area contributed by atoms with Crippen LogP contribution >= 0.6 is 0 Å². The van der Waals surface area contributed by atoms with Crippen molar-refractivity contribution in [3.05, 3.63) is 24.3 Å². The number of carboxylic acid groups (broad SMARTS) is 2. The van der Waals surface area contributed by atoms with E-state index in [1.807, 2.05) is 12.2 Å². The van der Waals surface area contributed by atoms with Gasteiger partial charge in [-0.1, -0.05) is 62.8 Å². The molecule has 8 unspecified atom stereocenters. The zero-order valence-corrected chi connectivity index (χ0v) is 31.1.